The quantitative estimate of drug-likeness (QED) is 0.407. The van der Waals surface area contributed by atoms with E-state index in [1.165, 1.54) is 14.2 Å². The van der Waals surface area contributed by atoms with Crippen LogP contribution in [-0.4, -0.2) is 25.9 Å². The number of carbonyl (C=O) groups excluding carboxylic acids is 2. The van der Waals surface area contributed by atoms with Crippen LogP contribution in [0.4, 0.5) is 5.69 Å². The molecule has 4 rings (SSSR count). The molecule has 0 bridgehead atoms. The van der Waals surface area contributed by atoms with Gasteiger partial charge >= 0.3 is 0 Å². The molecule has 0 unspecified atom stereocenters. The molecule has 162 valence electrons. The summed E-state index contributed by atoms with van der Waals surface area (Å²) >= 11 is 0. The second-order valence-electron chi connectivity index (χ2n) is 7.52. The van der Waals surface area contributed by atoms with Crippen molar-refractivity contribution in [2.75, 3.05) is 19.5 Å². The van der Waals surface area contributed by atoms with Crippen molar-refractivity contribution in [1.82, 2.24) is 0 Å². The molecular weight excluding hydrogens is 406 g/mol. The molecule has 0 aliphatic carbocycles. The van der Waals surface area contributed by atoms with E-state index >= 15 is 0 Å². The smallest absolute Gasteiger partial charge is 0.255 e. The van der Waals surface area contributed by atoms with Crippen molar-refractivity contribution in [1.29, 1.82) is 0 Å². The van der Waals surface area contributed by atoms with Crippen LogP contribution in [-0.2, 0) is 0 Å². The number of hydrogen-bond donors (Lipinski definition) is 1. The Bertz CT molecular complexity index is 1300. The Morgan fingerprint density at radius 2 is 1.47 bits per heavy atom. The minimum absolute atomic E-state index is 0.173. The molecule has 0 aliphatic rings. The van der Waals surface area contributed by atoms with Crippen molar-refractivity contribution in [2.24, 2.45) is 0 Å². The van der Waals surface area contributed by atoms with Crippen LogP contribution in [0.15, 0.2) is 65.1 Å². The summed E-state index contributed by atoms with van der Waals surface area (Å²) in [4.78, 5) is 25.7. The molecule has 0 atom stereocenters. The SMILES string of the molecule is COc1cc(OC)cc(C(=O)Nc2ccc3oc(C(=O)c4ccc(C)cc4)c(C)c3c2)c1. The number of carbonyl (C=O) groups is 2. The molecule has 0 saturated heterocycles. The second kappa shape index (κ2) is 8.59. The lowest BCUT2D eigenvalue weighted by Gasteiger charge is -2.09. The Morgan fingerprint density at radius 3 is 2.09 bits per heavy atom. The van der Waals surface area contributed by atoms with E-state index in [0.717, 1.165) is 16.5 Å². The number of anilines is 1. The number of nitrogens with one attached hydrogen (secondary N) is 1. The van der Waals surface area contributed by atoms with E-state index in [9.17, 15) is 9.59 Å². The van der Waals surface area contributed by atoms with Crippen molar-refractivity contribution >= 4 is 28.3 Å². The monoisotopic (exact) mass is 429 g/mol. The lowest BCUT2D eigenvalue weighted by molar-refractivity contribution is 0.101. The summed E-state index contributed by atoms with van der Waals surface area (Å²) in [5, 5.41) is 3.65. The van der Waals surface area contributed by atoms with Crippen LogP contribution in [0.5, 0.6) is 11.5 Å². The zero-order valence-electron chi connectivity index (χ0n) is 18.3. The molecule has 6 heteroatoms. The Labute approximate surface area is 185 Å². The van der Waals surface area contributed by atoms with Crippen LogP contribution in [0, 0.1) is 13.8 Å². The van der Waals surface area contributed by atoms with E-state index in [0.29, 0.717) is 39.7 Å². The molecule has 0 spiro atoms. The van der Waals surface area contributed by atoms with Crippen LogP contribution in [0.3, 0.4) is 0 Å². The molecule has 0 fully saturated rings. The lowest BCUT2D eigenvalue weighted by atomic mass is 10.0. The molecule has 1 heterocycles. The number of ether oxygens (including phenoxy) is 2. The third-order valence-corrected chi connectivity index (χ3v) is 5.33. The topological polar surface area (TPSA) is 77.8 Å². The summed E-state index contributed by atoms with van der Waals surface area (Å²) in [7, 11) is 3.06. The number of fused-ring (bicyclic) bond motifs is 1. The largest absolute Gasteiger partial charge is 0.497 e. The summed E-state index contributed by atoms with van der Waals surface area (Å²) in [5.74, 6) is 0.862. The Kier molecular flexibility index (Phi) is 5.69. The second-order valence-corrected chi connectivity index (χ2v) is 7.52. The van der Waals surface area contributed by atoms with Gasteiger partial charge in [0, 0.05) is 33.8 Å². The van der Waals surface area contributed by atoms with Crippen LogP contribution in [0.25, 0.3) is 11.0 Å². The summed E-state index contributed by atoms with van der Waals surface area (Å²) in [5.41, 5.74) is 3.95. The van der Waals surface area contributed by atoms with Gasteiger partial charge in [-0.2, -0.15) is 0 Å². The third-order valence-electron chi connectivity index (χ3n) is 5.33. The van der Waals surface area contributed by atoms with Gasteiger partial charge < -0.3 is 19.2 Å². The first-order valence-electron chi connectivity index (χ1n) is 10.1. The van der Waals surface area contributed by atoms with Gasteiger partial charge in [-0.25, -0.2) is 0 Å². The van der Waals surface area contributed by atoms with E-state index in [1.54, 1.807) is 48.5 Å². The molecule has 1 N–H and O–H groups in total. The fraction of sp³-hybridized carbons (Fsp3) is 0.154. The number of aryl methyl sites for hydroxylation is 2. The number of rotatable bonds is 6. The number of amides is 1. The van der Waals surface area contributed by atoms with E-state index in [1.807, 2.05) is 26.0 Å². The van der Waals surface area contributed by atoms with Gasteiger partial charge in [-0.1, -0.05) is 29.8 Å². The first-order valence-corrected chi connectivity index (χ1v) is 10.1. The molecule has 0 saturated carbocycles. The van der Waals surface area contributed by atoms with E-state index < -0.39 is 0 Å². The molecule has 1 aromatic heterocycles. The first-order chi connectivity index (χ1) is 15.4. The zero-order chi connectivity index (χ0) is 22.8. The number of methoxy groups -OCH3 is 2. The number of benzene rings is 3. The highest BCUT2D eigenvalue weighted by Crippen LogP contribution is 2.30. The van der Waals surface area contributed by atoms with Gasteiger partial charge in [0.1, 0.15) is 17.1 Å². The van der Waals surface area contributed by atoms with E-state index in [4.69, 9.17) is 13.9 Å². The minimum Gasteiger partial charge on any atom is -0.497 e. The van der Waals surface area contributed by atoms with Gasteiger partial charge in [0.2, 0.25) is 5.78 Å². The Morgan fingerprint density at radius 1 is 0.812 bits per heavy atom. The van der Waals surface area contributed by atoms with Crippen molar-refractivity contribution in [3.63, 3.8) is 0 Å². The minimum atomic E-state index is -0.307. The number of furan rings is 1. The van der Waals surface area contributed by atoms with Gasteiger partial charge in [0.05, 0.1) is 14.2 Å². The first kappa shape index (κ1) is 21.2. The van der Waals surface area contributed by atoms with E-state index in [2.05, 4.69) is 5.32 Å². The maximum atomic E-state index is 12.9. The fourth-order valence-corrected chi connectivity index (χ4v) is 3.49. The van der Waals surface area contributed by atoms with Gasteiger partial charge in [-0.05, 0) is 44.2 Å². The van der Waals surface area contributed by atoms with Crippen LogP contribution in [0.1, 0.15) is 37.6 Å². The highest BCUT2D eigenvalue weighted by atomic mass is 16.5. The van der Waals surface area contributed by atoms with Gasteiger partial charge in [-0.15, -0.1) is 0 Å². The summed E-state index contributed by atoms with van der Waals surface area (Å²) in [6.07, 6.45) is 0. The maximum absolute atomic E-state index is 12.9. The van der Waals surface area contributed by atoms with Crippen molar-refractivity contribution in [2.45, 2.75) is 13.8 Å². The average molecular weight is 429 g/mol. The fourth-order valence-electron chi connectivity index (χ4n) is 3.49. The predicted octanol–water partition coefficient (Wildman–Crippen LogP) is 5.55. The molecule has 0 radical (unpaired) electrons. The molecule has 6 nitrogen and oxygen atoms in total. The highest BCUT2D eigenvalue weighted by Gasteiger charge is 2.20. The van der Waals surface area contributed by atoms with Gasteiger partial charge in [0.25, 0.3) is 5.91 Å². The predicted molar refractivity (Wildman–Crippen MR) is 123 cm³/mol. The zero-order valence-corrected chi connectivity index (χ0v) is 18.3. The Balaban J connectivity index is 1.63. The molecule has 32 heavy (non-hydrogen) atoms. The third kappa shape index (κ3) is 4.07. The summed E-state index contributed by atoms with van der Waals surface area (Å²) < 4.78 is 16.3. The summed E-state index contributed by atoms with van der Waals surface area (Å²) in [6.45, 7) is 3.81. The average Bonchev–Trinajstić information content (AvgIpc) is 3.14. The van der Waals surface area contributed by atoms with Crippen molar-refractivity contribution < 1.29 is 23.5 Å². The van der Waals surface area contributed by atoms with E-state index in [-0.39, 0.29) is 11.7 Å². The van der Waals surface area contributed by atoms with Crippen molar-refractivity contribution in [3.8, 4) is 11.5 Å². The normalized spacial score (nSPS) is 10.8. The Hall–Kier alpha value is -4.06. The van der Waals surface area contributed by atoms with Crippen molar-refractivity contribution in [3.05, 3.63) is 88.7 Å². The maximum Gasteiger partial charge on any atom is 0.255 e. The van der Waals surface area contributed by atoms with Crippen LogP contribution < -0.4 is 14.8 Å². The lowest BCUT2D eigenvalue weighted by Crippen LogP contribution is -2.12. The standard InChI is InChI=1S/C26H23NO5/c1-15-5-7-17(8-6-15)24(28)25-16(2)22-13-19(9-10-23(22)32-25)27-26(29)18-11-20(30-3)14-21(12-18)31-4/h5-14H,1-4H3,(H,27,29). The molecule has 3 aromatic carbocycles. The van der Waals surface area contributed by atoms with Crippen LogP contribution >= 0.6 is 0 Å². The molecular formula is C26H23NO5. The number of ketones is 1. The molecule has 0 aliphatic heterocycles. The molecule has 1 amide bonds. The van der Waals surface area contributed by atoms with Gasteiger partial charge in [0.15, 0.2) is 5.76 Å². The highest BCUT2D eigenvalue weighted by molar-refractivity contribution is 6.11. The van der Waals surface area contributed by atoms with Crippen LogP contribution in [0.2, 0.25) is 0 Å². The number of hydrogen-bond acceptors (Lipinski definition) is 5. The molecule has 4 aromatic rings. The van der Waals surface area contributed by atoms with Gasteiger partial charge in [-0.3, -0.25) is 9.59 Å². The summed E-state index contributed by atoms with van der Waals surface area (Å²) in [6, 6.07) is 17.6.